The van der Waals surface area contributed by atoms with Crippen LogP contribution in [0.25, 0.3) is 0 Å². The summed E-state index contributed by atoms with van der Waals surface area (Å²) >= 11 is 0. The number of rotatable bonds is 7. The van der Waals surface area contributed by atoms with Crippen LogP contribution in [-0.4, -0.2) is 36.9 Å². The minimum Gasteiger partial charge on any atom is -0.342 e. The molecule has 1 saturated carbocycles. The van der Waals surface area contributed by atoms with Crippen LogP contribution in [0.1, 0.15) is 39.5 Å². The monoisotopic (exact) mass is 302 g/mol. The van der Waals surface area contributed by atoms with Gasteiger partial charge in [0.05, 0.1) is 0 Å². The Morgan fingerprint density at radius 1 is 1.00 bits per heavy atom. The topological polar surface area (TPSA) is 40.6 Å². The summed E-state index contributed by atoms with van der Waals surface area (Å²) in [6.45, 7) is 5.59. The van der Waals surface area contributed by atoms with Crippen LogP contribution >= 0.6 is 0 Å². The second-order valence-electron chi connectivity index (χ2n) is 6.07. The van der Waals surface area contributed by atoms with Gasteiger partial charge in [0.15, 0.2) is 0 Å². The third-order valence-corrected chi connectivity index (χ3v) is 4.29. The molecule has 1 aliphatic carbocycles. The van der Waals surface area contributed by atoms with Crippen LogP contribution in [0.5, 0.6) is 0 Å². The number of hydrogen-bond acceptors (Lipinski definition) is 2. The van der Waals surface area contributed by atoms with Crippen LogP contribution < -0.4 is 4.90 Å². The molecular formula is C18H26N2O2. The van der Waals surface area contributed by atoms with Crippen molar-refractivity contribution in [3.63, 3.8) is 0 Å². The lowest BCUT2D eigenvalue weighted by molar-refractivity contribution is -0.143. The van der Waals surface area contributed by atoms with Crippen LogP contribution in [0.2, 0.25) is 0 Å². The number of benzene rings is 1. The van der Waals surface area contributed by atoms with Gasteiger partial charge in [-0.3, -0.25) is 9.59 Å². The Labute approximate surface area is 133 Å². The van der Waals surface area contributed by atoms with E-state index >= 15 is 0 Å². The highest BCUT2D eigenvalue weighted by Crippen LogP contribution is 2.49. The molecule has 0 saturated heterocycles. The largest absolute Gasteiger partial charge is 0.342 e. The average Bonchev–Trinajstić information content (AvgIpc) is 3.35. The number of hydrogen-bond donors (Lipinski definition) is 0. The fraction of sp³-hybridized carbons (Fsp3) is 0.556. The van der Waals surface area contributed by atoms with Crippen molar-refractivity contribution in [1.29, 1.82) is 0 Å². The minimum atomic E-state index is -0.811. The molecule has 120 valence electrons. The highest BCUT2D eigenvalue weighted by Gasteiger charge is 2.58. The Morgan fingerprint density at radius 2 is 1.55 bits per heavy atom. The van der Waals surface area contributed by atoms with Gasteiger partial charge in [0, 0.05) is 25.8 Å². The van der Waals surface area contributed by atoms with Gasteiger partial charge in [-0.25, -0.2) is 0 Å². The maximum Gasteiger partial charge on any atom is 0.242 e. The van der Waals surface area contributed by atoms with E-state index in [1.807, 2.05) is 35.2 Å². The molecule has 0 radical (unpaired) electrons. The molecule has 0 N–H and O–H groups in total. The molecule has 1 aromatic rings. The zero-order chi connectivity index (χ0) is 16.2. The molecule has 1 aliphatic rings. The first-order valence-corrected chi connectivity index (χ1v) is 8.19. The number of carbonyl (C=O) groups excluding carboxylic acids is 2. The van der Waals surface area contributed by atoms with Gasteiger partial charge in [0.25, 0.3) is 0 Å². The second kappa shape index (κ2) is 6.95. The molecular weight excluding hydrogens is 276 g/mol. The normalized spacial score (nSPS) is 15.2. The van der Waals surface area contributed by atoms with Gasteiger partial charge in [-0.15, -0.1) is 0 Å². The summed E-state index contributed by atoms with van der Waals surface area (Å²) in [5.41, 5.74) is 0.0266. The predicted molar refractivity (Wildman–Crippen MR) is 88.7 cm³/mol. The van der Waals surface area contributed by atoms with Crippen molar-refractivity contribution in [1.82, 2.24) is 4.90 Å². The minimum absolute atomic E-state index is 0.0176. The third kappa shape index (κ3) is 3.16. The van der Waals surface area contributed by atoms with Crippen molar-refractivity contribution in [2.45, 2.75) is 39.5 Å². The quantitative estimate of drug-likeness (QED) is 0.726. The lowest BCUT2D eigenvalue weighted by Gasteiger charge is -2.29. The predicted octanol–water partition coefficient (Wildman–Crippen LogP) is 3.08. The fourth-order valence-corrected chi connectivity index (χ4v) is 2.89. The molecule has 0 atom stereocenters. The summed E-state index contributed by atoms with van der Waals surface area (Å²) in [5.74, 6) is -0.0510. The number of para-hydroxylation sites is 1. The molecule has 2 rings (SSSR count). The van der Waals surface area contributed by atoms with Crippen molar-refractivity contribution in [2.24, 2.45) is 5.41 Å². The van der Waals surface area contributed by atoms with Crippen molar-refractivity contribution in [3.05, 3.63) is 30.3 Å². The van der Waals surface area contributed by atoms with Gasteiger partial charge >= 0.3 is 0 Å². The Balaban J connectivity index is 2.15. The van der Waals surface area contributed by atoms with Gasteiger partial charge in [-0.1, -0.05) is 32.0 Å². The number of anilines is 1. The van der Waals surface area contributed by atoms with E-state index in [0.29, 0.717) is 12.8 Å². The molecule has 0 bridgehead atoms. The first kappa shape index (κ1) is 16.5. The third-order valence-electron chi connectivity index (χ3n) is 4.29. The van der Waals surface area contributed by atoms with Crippen molar-refractivity contribution < 1.29 is 9.59 Å². The van der Waals surface area contributed by atoms with Crippen LogP contribution in [0.3, 0.4) is 0 Å². The van der Waals surface area contributed by atoms with Gasteiger partial charge in [0.2, 0.25) is 11.8 Å². The van der Waals surface area contributed by atoms with Gasteiger partial charge in [-0.2, -0.15) is 0 Å². The smallest absolute Gasteiger partial charge is 0.242 e. The molecule has 0 heterocycles. The molecule has 1 fully saturated rings. The Morgan fingerprint density at radius 3 is 2.00 bits per heavy atom. The standard InChI is InChI=1S/C18H26N2O2/c1-4-13-20(14-5-2)17(22)18(11-12-18)16(21)19(3)15-9-7-6-8-10-15/h6-10H,4-5,11-14H2,1-3H3. The molecule has 2 amide bonds. The molecule has 0 aliphatic heterocycles. The lowest BCUT2D eigenvalue weighted by Crippen LogP contribution is -2.46. The van der Waals surface area contributed by atoms with Gasteiger partial charge in [0.1, 0.15) is 5.41 Å². The van der Waals surface area contributed by atoms with Crippen LogP contribution in [0.15, 0.2) is 30.3 Å². The first-order valence-electron chi connectivity index (χ1n) is 8.19. The van der Waals surface area contributed by atoms with Gasteiger partial charge < -0.3 is 9.80 Å². The molecule has 0 unspecified atom stereocenters. The van der Waals surface area contributed by atoms with E-state index in [0.717, 1.165) is 31.6 Å². The summed E-state index contributed by atoms with van der Waals surface area (Å²) < 4.78 is 0. The maximum absolute atomic E-state index is 12.9. The lowest BCUT2D eigenvalue weighted by atomic mass is 10.0. The first-order chi connectivity index (χ1) is 10.6. The van der Waals surface area contributed by atoms with E-state index in [9.17, 15) is 9.59 Å². The second-order valence-corrected chi connectivity index (χ2v) is 6.07. The number of amides is 2. The summed E-state index contributed by atoms with van der Waals surface area (Å²) in [6.07, 6.45) is 3.19. The van der Waals surface area contributed by atoms with Crippen LogP contribution in [0, 0.1) is 5.41 Å². The molecule has 1 aromatic carbocycles. The van der Waals surface area contributed by atoms with Crippen molar-refractivity contribution in [2.75, 3.05) is 25.0 Å². The molecule has 4 nitrogen and oxygen atoms in total. The van der Waals surface area contributed by atoms with E-state index < -0.39 is 5.41 Å². The highest BCUT2D eigenvalue weighted by molar-refractivity contribution is 6.13. The number of nitrogens with zero attached hydrogens (tertiary/aromatic N) is 2. The van der Waals surface area contributed by atoms with Crippen LogP contribution in [-0.2, 0) is 9.59 Å². The van der Waals surface area contributed by atoms with E-state index in [1.54, 1.807) is 11.9 Å². The SMILES string of the molecule is CCCN(CCC)C(=O)C1(C(=O)N(C)c2ccccc2)CC1. The Kier molecular flexibility index (Phi) is 5.22. The van der Waals surface area contributed by atoms with Gasteiger partial charge in [-0.05, 0) is 37.8 Å². The number of carbonyl (C=O) groups is 2. The van der Waals surface area contributed by atoms with E-state index in [1.165, 1.54) is 0 Å². The molecule has 0 spiro atoms. The van der Waals surface area contributed by atoms with E-state index in [-0.39, 0.29) is 11.8 Å². The fourth-order valence-electron chi connectivity index (χ4n) is 2.89. The van der Waals surface area contributed by atoms with E-state index in [4.69, 9.17) is 0 Å². The summed E-state index contributed by atoms with van der Waals surface area (Å²) in [4.78, 5) is 29.2. The van der Waals surface area contributed by atoms with E-state index in [2.05, 4.69) is 13.8 Å². The molecule has 22 heavy (non-hydrogen) atoms. The zero-order valence-corrected chi connectivity index (χ0v) is 13.8. The molecule has 0 aromatic heterocycles. The summed E-state index contributed by atoms with van der Waals surface area (Å²) in [6, 6.07) is 9.52. The summed E-state index contributed by atoms with van der Waals surface area (Å²) in [5, 5.41) is 0. The highest BCUT2D eigenvalue weighted by atomic mass is 16.2. The Hall–Kier alpha value is -1.84. The van der Waals surface area contributed by atoms with Crippen LogP contribution in [0.4, 0.5) is 5.69 Å². The maximum atomic E-state index is 12.9. The zero-order valence-electron chi connectivity index (χ0n) is 13.8. The van der Waals surface area contributed by atoms with Crippen molar-refractivity contribution >= 4 is 17.5 Å². The van der Waals surface area contributed by atoms with Crippen molar-refractivity contribution in [3.8, 4) is 0 Å². The summed E-state index contributed by atoms with van der Waals surface area (Å²) in [7, 11) is 1.76. The Bertz CT molecular complexity index is 517. The molecule has 4 heteroatoms. The average molecular weight is 302 g/mol.